The zero-order valence-corrected chi connectivity index (χ0v) is 22.2. The lowest BCUT2D eigenvalue weighted by Gasteiger charge is -2.36. The lowest BCUT2D eigenvalue weighted by Crippen LogP contribution is -2.39. The third kappa shape index (κ3) is 5.24. The molecule has 0 radical (unpaired) electrons. The molecule has 2 heterocycles. The number of ether oxygens (including phenoxy) is 1. The maximum absolute atomic E-state index is 15.2. The number of hydrogen-bond acceptors (Lipinski definition) is 7. The molecule has 0 saturated carbocycles. The number of halogens is 3. The van der Waals surface area contributed by atoms with Crippen molar-refractivity contribution < 1.29 is 31.8 Å². The molecule has 1 aliphatic rings. The summed E-state index contributed by atoms with van der Waals surface area (Å²) in [4.78, 5) is 16.2. The highest BCUT2D eigenvalue weighted by atomic mass is 79.9. The van der Waals surface area contributed by atoms with Crippen LogP contribution in [0.4, 0.5) is 19.4 Å². The molecule has 0 bridgehead atoms. The summed E-state index contributed by atoms with van der Waals surface area (Å²) in [7, 11) is -5.16. The standard InChI is InChI=1S/C23H22BrF2N3O5S2/c1-14(15-5-3-2-4-6-15)28-9-7-16(8-10-28)34-18-11-17(25)22(21(26)20(18)24)36(32,33)29(23(30)31)19-12-35-13-27-19/h2-6,11-14,16H,7-10H2,1H3,(H,30,31)/t14-/m1/s1. The second-order valence-electron chi connectivity index (χ2n) is 8.15. The molecule has 13 heteroatoms. The zero-order chi connectivity index (χ0) is 26.0. The number of aromatic nitrogens is 1. The average molecular weight is 602 g/mol. The summed E-state index contributed by atoms with van der Waals surface area (Å²) in [6.07, 6.45) is -1.09. The van der Waals surface area contributed by atoms with E-state index >= 15 is 4.39 Å². The van der Waals surface area contributed by atoms with Crippen LogP contribution in [-0.2, 0) is 10.0 Å². The lowest BCUT2D eigenvalue weighted by atomic mass is 10.0. The van der Waals surface area contributed by atoms with Gasteiger partial charge in [-0.25, -0.2) is 27.0 Å². The van der Waals surface area contributed by atoms with Crippen LogP contribution in [0.15, 0.2) is 56.7 Å². The second-order valence-corrected chi connectivity index (χ2v) is 11.4. The highest BCUT2D eigenvalue weighted by molar-refractivity contribution is 9.10. The van der Waals surface area contributed by atoms with Crippen LogP contribution in [0.3, 0.4) is 0 Å². The maximum atomic E-state index is 15.2. The summed E-state index contributed by atoms with van der Waals surface area (Å²) in [6, 6.07) is 11.0. The fourth-order valence-corrected chi connectivity index (χ4v) is 6.59. The van der Waals surface area contributed by atoms with Gasteiger partial charge < -0.3 is 9.84 Å². The molecular weight excluding hydrogens is 580 g/mol. The van der Waals surface area contributed by atoms with Gasteiger partial charge >= 0.3 is 6.09 Å². The molecule has 1 fully saturated rings. The van der Waals surface area contributed by atoms with Gasteiger partial charge in [-0.1, -0.05) is 30.3 Å². The second kappa shape index (κ2) is 10.8. The third-order valence-electron chi connectivity index (χ3n) is 5.98. The number of amides is 1. The van der Waals surface area contributed by atoms with Crippen molar-refractivity contribution >= 4 is 49.2 Å². The van der Waals surface area contributed by atoms with E-state index in [0.717, 1.165) is 22.8 Å². The van der Waals surface area contributed by atoms with E-state index in [1.807, 2.05) is 18.2 Å². The number of piperidine rings is 1. The molecule has 0 unspecified atom stereocenters. The van der Waals surface area contributed by atoms with E-state index in [-0.39, 0.29) is 22.2 Å². The fraction of sp³-hybridized carbons (Fsp3) is 0.304. The number of sulfonamides is 1. The molecule has 1 amide bonds. The normalized spacial score (nSPS) is 16.0. The molecule has 0 aliphatic carbocycles. The van der Waals surface area contributed by atoms with Gasteiger partial charge in [0.05, 0.1) is 9.98 Å². The number of nitrogens with zero attached hydrogens (tertiary/aromatic N) is 3. The van der Waals surface area contributed by atoms with Gasteiger partial charge in [0, 0.05) is 30.6 Å². The van der Waals surface area contributed by atoms with Crippen molar-refractivity contribution in [3.63, 3.8) is 0 Å². The van der Waals surface area contributed by atoms with Crippen LogP contribution in [0.25, 0.3) is 0 Å². The molecule has 1 atom stereocenters. The van der Waals surface area contributed by atoms with Crippen molar-refractivity contribution in [2.45, 2.75) is 36.8 Å². The topological polar surface area (TPSA) is 100 Å². The Balaban J connectivity index is 1.52. The molecule has 2 aromatic carbocycles. The first-order valence-electron chi connectivity index (χ1n) is 10.9. The molecule has 8 nitrogen and oxygen atoms in total. The summed E-state index contributed by atoms with van der Waals surface area (Å²) < 4.78 is 61.4. The Labute approximate surface area is 219 Å². The number of hydrogen-bond donors (Lipinski definition) is 1. The van der Waals surface area contributed by atoms with Crippen LogP contribution in [-0.4, -0.2) is 48.7 Å². The van der Waals surface area contributed by atoms with Crippen molar-refractivity contribution in [3.8, 4) is 5.75 Å². The Hall–Kier alpha value is -2.61. The van der Waals surface area contributed by atoms with Crippen molar-refractivity contribution in [2.24, 2.45) is 0 Å². The van der Waals surface area contributed by atoms with Crippen LogP contribution in [0.5, 0.6) is 5.75 Å². The number of rotatable bonds is 7. The van der Waals surface area contributed by atoms with Gasteiger partial charge in [0.2, 0.25) is 0 Å². The number of benzene rings is 2. The number of carboxylic acid groups (broad SMARTS) is 1. The van der Waals surface area contributed by atoms with E-state index in [0.29, 0.717) is 25.9 Å². The van der Waals surface area contributed by atoms with Crippen LogP contribution < -0.4 is 9.04 Å². The minimum Gasteiger partial charge on any atom is -0.489 e. The fourth-order valence-electron chi connectivity index (χ4n) is 4.10. The van der Waals surface area contributed by atoms with Gasteiger partial charge in [0.1, 0.15) is 11.9 Å². The summed E-state index contributed by atoms with van der Waals surface area (Å²) in [5.41, 5.74) is 2.39. The third-order valence-corrected chi connectivity index (χ3v) is 9.01. The van der Waals surface area contributed by atoms with E-state index in [1.165, 1.54) is 11.1 Å². The van der Waals surface area contributed by atoms with Crippen LogP contribution in [0.2, 0.25) is 0 Å². The van der Waals surface area contributed by atoms with E-state index in [4.69, 9.17) is 4.74 Å². The minimum absolute atomic E-state index is 0.165. The summed E-state index contributed by atoms with van der Waals surface area (Å²) >= 11 is 3.89. The minimum atomic E-state index is -5.16. The Morgan fingerprint density at radius 2 is 1.94 bits per heavy atom. The quantitative estimate of drug-likeness (QED) is 0.349. The molecule has 1 aliphatic heterocycles. The molecular formula is C23H22BrF2N3O5S2. The highest BCUT2D eigenvalue weighted by Crippen LogP contribution is 2.38. The van der Waals surface area contributed by atoms with E-state index < -0.39 is 42.9 Å². The zero-order valence-electron chi connectivity index (χ0n) is 19.0. The van der Waals surface area contributed by atoms with Gasteiger partial charge in [-0.05, 0) is 41.3 Å². The van der Waals surface area contributed by atoms with Crippen molar-refractivity contribution in [3.05, 3.63) is 69.0 Å². The molecule has 36 heavy (non-hydrogen) atoms. The first-order chi connectivity index (χ1) is 17.1. The lowest BCUT2D eigenvalue weighted by molar-refractivity contribution is 0.0787. The summed E-state index contributed by atoms with van der Waals surface area (Å²) in [5.74, 6) is -3.64. The SMILES string of the molecule is C[C@H](c1ccccc1)N1CCC(Oc2cc(F)c(S(=O)(=O)N(C(=O)O)c3cscn3)c(F)c2Br)CC1. The number of carbonyl (C=O) groups is 1. The van der Waals surface area contributed by atoms with Gasteiger partial charge in [-0.3, -0.25) is 4.90 Å². The Morgan fingerprint density at radius 3 is 2.53 bits per heavy atom. The summed E-state index contributed by atoms with van der Waals surface area (Å²) in [6.45, 7) is 3.52. The smallest absolute Gasteiger partial charge is 0.427 e. The Bertz CT molecular complexity index is 1340. The molecule has 1 aromatic heterocycles. The number of likely N-dealkylation sites (tertiary alicyclic amines) is 1. The van der Waals surface area contributed by atoms with Gasteiger partial charge in [-0.2, -0.15) is 0 Å². The van der Waals surface area contributed by atoms with Crippen molar-refractivity contribution in [1.29, 1.82) is 0 Å². The van der Waals surface area contributed by atoms with Crippen LogP contribution >= 0.6 is 27.3 Å². The van der Waals surface area contributed by atoms with E-state index in [1.54, 1.807) is 0 Å². The maximum Gasteiger partial charge on any atom is 0.427 e. The molecule has 4 rings (SSSR count). The average Bonchev–Trinajstić information content (AvgIpc) is 3.36. The van der Waals surface area contributed by atoms with Gasteiger partial charge in [0.25, 0.3) is 10.0 Å². The highest BCUT2D eigenvalue weighted by Gasteiger charge is 2.39. The monoisotopic (exact) mass is 601 g/mol. The largest absolute Gasteiger partial charge is 0.489 e. The first-order valence-corrected chi connectivity index (χ1v) is 14.1. The molecule has 3 aromatic rings. The van der Waals surface area contributed by atoms with Crippen LogP contribution in [0, 0.1) is 11.6 Å². The predicted octanol–water partition coefficient (Wildman–Crippen LogP) is 5.66. The number of anilines is 1. The van der Waals surface area contributed by atoms with E-state index in [9.17, 15) is 22.7 Å². The summed E-state index contributed by atoms with van der Waals surface area (Å²) in [5, 5.41) is 10.6. The van der Waals surface area contributed by atoms with Gasteiger partial charge in [-0.15, -0.1) is 15.6 Å². The predicted molar refractivity (Wildman–Crippen MR) is 134 cm³/mol. The molecule has 1 N–H and O–H groups in total. The van der Waals surface area contributed by atoms with Crippen molar-refractivity contribution in [2.75, 3.05) is 17.4 Å². The van der Waals surface area contributed by atoms with Gasteiger partial charge in [0.15, 0.2) is 22.3 Å². The van der Waals surface area contributed by atoms with Crippen molar-refractivity contribution in [1.82, 2.24) is 9.88 Å². The molecule has 1 saturated heterocycles. The molecule has 0 spiro atoms. The first kappa shape index (κ1) is 26.5. The Kier molecular flexibility index (Phi) is 7.93. The number of thiazole rings is 1. The Morgan fingerprint density at radius 1 is 1.28 bits per heavy atom. The van der Waals surface area contributed by atoms with Crippen LogP contribution in [0.1, 0.15) is 31.4 Å². The van der Waals surface area contributed by atoms with E-state index in [2.05, 4.69) is 44.9 Å². The molecule has 192 valence electrons.